The van der Waals surface area contributed by atoms with E-state index in [9.17, 15) is 4.79 Å². The minimum Gasteiger partial charge on any atom is -0.462 e. The zero-order valence-corrected chi connectivity index (χ0v) is 15.7. The number of hydrogen-bond acceptors (Lipinski definition) is 4. The molecule has 0 unspecified atom stereocenters. The van der Waals surface area contributed by atoms with Crippen LogP contribution in [0.4, 0.5) is 0 Å². The topological polar surface area (TPSA) is 57.0 Å². The zero-order valence-electron chi connectivity index (χ0n) is 14.2. The summed E-state index contributed by atoms with van der Waals surface area (Å²) in [5, 5.41) is 4.71. The summed E-state index contributed by atoms with van der Waals surface area (Å²) in [6.07, 6.45) is 0. The van der Waals surface area contributed by atoms with E-state index in [1.54, 1.807) is 26.0 Å². The number of carbonyl (C=O) groups is 1. The van der Waals surface area contributed by atoms with Gasteiger partial charge in [-0.2, -0.15) is 9.67 Å². The predicted octanol–water partition coefficient (Wildman–Crippen LogP) is 4.54. The van der Waals surface area contributed by atoms with Crippen LogP contribution in [-0.4, -0.2) is 33.2 Å². The molecule has 0 aliphatic heterocycles. The number of carbonyl (C=O) groups excluding carboxylic acids is 1. The maximum Gasteiger partial charge on any atom is 0.336 e. The second kappa shape index (κ2) is 7.53. The molecule has 1 aromatic heterocycles. The van der Waals surface area contributed by atoms with Crippen molar-refractivity contribution < 1.29 is 9.53 Å². The standard InChI is InChI=1S/C17H21Cl2N3O2/c1-11(2)9-24-16-20-14(12-7-5-6-8-13(12)19)22(21-16)15(23)17(3,4)10-18/h5-8,11H,9-10H2,1-4H3. The molecule has 0 radical (unpaired) electrons. The van der Waals surface area contributed by atoms with Crippen LogP contribution in [0.1, 0.15) is 32.5 Å². The molecular formula is C17H21Cl2N3O2. The Bertz CT molecular complexity index is 726. The van der Waals surface area contributed by atoms with Crippen LogP contribution < -0.4 is 4.74 Å². The Labute approximate surface area is 151 Å². The number of benzene rings is 1. The molecule has 0 atom stereocenters. The third-order valence-electron chi connectivity index (χ3n) is 3.35. The number of aromatic nitrogens is 3. The first-order valence-electron chi connectivity index (χ1n) is 7.72. The maximum absolute atomic E-state index is 12.8. The molecule has 0 spiro atoms. The molecule has 1 heterocycles. The molecular weight excluding hydrogens is 349 g/mol. The Morgan fingerprint density at radius 2 is 2.00 bits per heavy atom. The molecule has 5 nitrogen and oxygen atoms in total. The number of halogens is 2. The van der Waals surface area contributed by atoms with E-state index in [0.29, 0.717) is 28.9 Å². The molecule has 0 aliphatic carbocycles. The average molecular weight is 370 g/mol. The highest BCUT2D eigenvalue weighted by Crippen LogP contribution is 2.30. The van der Waals surface area contributed by atoms with Crippen LogP contribution in [0.15, 0.2) is 24.3 Å². The molecule has 0 bridgehead atoms. The lowest BCUT2D eigenvalue weighted by molar-refractivity contribution is 0.0752. The number of alkyl halides is 1. The monoisotopic (exact) mass is 369 g/mol. The van der Waals surface area contributed by atoms with Crippen molar-refractivity contribution in [1.82, 2.24) is 14.8 Å². The second-order valence-corrected chi connectivity index (χ2v) is 7.31. The summed E-state index contributed by atoms with van der Waals surface area (Å²) in [6, 6.07) is 7.31. The van der Waals surface area contributed by atoms with Gasteiger partial charge in [-0.25, -0.2) is 0 Å². The fraction of sp³-hybridized carbons (Fsp3) is 0.471. The van der Waals surface area contributed by atoms with Crippen LogP contribution in [0.25, 0.3) is 11.4 Å². The highest BCUT2D eigenvalue weighted by Gasteiger charge is 2.32. The predicted molar refractivity (Wildman–Crippen MR) is 95.9 cm³/mol. The van der Waals surface area contributed by atoms with Crippen molar-refractivity contribution in [3.8, 4) is 17.4 Å². The second-order valence-electron chi connectivity index (χ2n) is 6.64. The van der Waals surface area contributed by atoms with Crippen molar-refractivity contribution in [2.45, 2.75) is 27.7 Å². The number of hydrogen-bond donors (Lipinski definition) is 0. The molecule has 0 aliphatic rings. The van der Waals surface area contributed by atoms with Gasteiger partial charge in [-0.15, -0.1) is 16.7 Å². The van der Waals surface area contributed by atoms with Gasteiger partial charge in [-0.05, 0) is 31.9 Å². The van der Waals surface area contributed by atoms with Crippen molar-refractivity contribution in [3.63, 3.8) is 0 Å². The van der Waals surface area contributed by atoms with Crippen molar-refractivity contribution in [3.05, 3.63) is 29.3 Å². The lowest BCUT2D eigenvalue weighted by atomic mass is 9.95. The summed E-state index contributed by atoms with van der Waals surface area (Å²) in [7, 11) is 0. The lowest BCUT2D eigenvalue weighted by Crippen LogP contribution is -2.32. The lowest BCUT2D eigenvalue weighted by Gasteiger charge is -2.19. The third kappa shape index (κ3) is 4.08. The van der Waals surface area contributed by atoms with E-state index < -0.39 is 5.41 Å². The highest BCUT2D eigenvalue weighted by atomic mass is 35.5. The Hall–Kier alpha value is -1.59. The highest BCUT2D eigenvalue weighted by molar-refractivity contribution is 6.33. The van der Waals surface area contributed by atoms with E-state index in [2.05, 4.69) is 10.1 Å². The van der Waals surface area contributed by atoms with E-state index in [4.69, 9.17) is 27.9 Å². The van der Waals surface area contributed by atoms with Gasteiger partial charge in [0.2, 0.25) is 0 Å². The van der Waals surface area contributed by atoms with Gasteiger partial charge in [0, 0.05) is 11.4 Å². The molecule has 2 rings (SSSR count). The molecule has 7 heteroatoms. The summed E-state index contributed by atoms with van der Waals surface area (Å²) in [5.41, 5.74) is -0.176. The van der Waals surface area contributed by atoms with Crippen molar-refractivity contribution in [2.75, 3.05) is 12.5 Å². The zero-order chi connectivity index (χ0) is 17.9. The first-order chi connectivity index (χ1) is 11.3. The maximum atomic E-state index is 12.8. The first-order valence-corrected chi connectivity index (χ1v) is 8.63. The average Bonchev–Trinajstić information content (AvgIpc) is 2.96. The van der Waals surface area contributed by atoms with Gasteiger partial charge in [-0.3, -0.25) is 4.79 Å². The molecule has 0 fully saturated rings. The van der Waals surface area contributed by atoms with Crippen LogP contribution in [0.5, 0.6) is 6.01 Å². The number of ether oxygens (including phenoxy) is 1. The van der Waals surface area contributed by atoms with Crippen molar-refractivity contribution >= 4 is 29.1 Å². The van der Waals surface area contributed by atoms with Crippen molar-refractivity contribution in [2.24, 2.45) is 11.3 Å². The van der Waals surface area contributed by atoms with Gasteiger partial charge in [0.1, 0.15) is 0 Å². The third-order valence-corrected chi connectivity index (χ3v) is 4.35. The van der Waals surface area contributed by atoms with Gasteiger partial charge in [-0.1, -0.05) is 37.6 Å². The summed E-state index contributed by atoms with van der Waals surface area (Å²) >= 11 is 12.2. The van der Waals surface area contributed by atoms with E-state index in [1.165, 1.54) is 4.68 Å². The Kier molecular flexibility index (Phi) is 5.88. The quantitative estimate of drug-likeness (QED) is 0.701. The summed E-state index contributed by atoms with van der Waals surface area (Å²) in [5.74, 6) is 0.563. The summed E-state index contributed by atoms with van der Waals surface area (Å²) in [4.78, 5) is 17.2. The smallest absolute Gasteiger partial charge is 0.336 e. The first kappa shape index (κ1) is 18.7. The molecule has 2 aromatic rings. The van der Waals surface area contributed by atoms with Crippen LogP contribution in [0.3, 0.4) is 0 Å². The largest absolute Gasteiger partial charge is 0.462 e. The number of nitrogens with zero attached hydrogens (tertiary/aromatic N) is 3. The minimum absolute atomic E-state index is 0.150. The summed E-state index contributed by atoms with van der Waals surface area (Å²) < 4.78 is 6.81. The molecule has 0 N–H and O–H groups in total. The van der Waals surface area contributed by atoms with Gasteiger partial charge in [0.15, 0.2) is 5.82 Å². The Morgan fingerprint density at radius 3 is 2.58 bits per heavy atom. The number of rotatable bonds is 6. The fourth-order valence-corrected chi connectivity index (χ4v) is 2.23. The minimum atomic E-state index is -0.791. The Balaban J connectivity index is 2.51. The van der Waals surface area contributed by atoms with Crippen LogP contribution >= 0.6 is 23.2 Å². The van der Waals surface area contributed by atoms with E-state index in [1.807, 2.05) is 26.0 Å². The normalized spacial score (nSPS) is 11.8. The SMILES string of the molecule is CC(C)COc1nc(-c2ccccc2Cl)n(C(=O)C(C)(C)CCl)n1. The summed E-state index contributed by atoms with van der Waals surface area (Å²) in [6.45, 7) is 8.02. The van der Waals surface area contributed by atoms with Gasteiger partial charge < -0.3 is 4.74 Å². The van der Waals surface area contributed by atoms with Gasteiger partial charge >= 0.3 is 6.01 Å². The molecule has 24 heavy (non-hydrogen) atoms. The molecule has 0 amide bonds. The van der Waals surface area contributed by atoms with Gasteiger partial charge in [0.05, 0.1) is 17.0 Å². The van der Waals surface area contributed by atoms with Gasteiger partial charge in [0.25, 0.3) is 5.91 Å². The van der Waals surface area contributed by atoms with Crippen molar-refractivity contribution in [1.29, 1.82) is 0 Å². The molecule has 1 aromatic carbocycles. The van der Waals surface area contributed by atoms with Crippen LogP contribution in [0, 0.1) is 11.3 Å². The van der Waals surface area contributed by atoms with E-state index in [0.717, 1.165) is 0 Å². The molecule has 0 saturated heterocycles. The molecule has 0 saturated carbocycles. The van der Waals surface area contributed by atoms with E-state index in [-0.39, 0.29) is 17.8 Å². The molecule has 130 valence electrons. The Morgan fingerprint density at radius 1 is 1.33 bits per heavy atom. The van der Waals surface area contributed by atoms with Crippen LogP contribution in [-0.2, 0) is 0 Å². The van der Waals surface area contributed by atoms with Crippen LogP contribution in [0.2, 0.25) is 5.02 Å². The fourth-order valence-electron chi connectivity index (χ4n) is 1.90. The van der Waals surface area contributed by atoms with E-state index >= 15 is 0 Å².